The minimum atomic E-state index is -0.725. The van der Waals surface area contributed by atoms with Crippen molar-refractivity contribution in [2.24, 2.45) is 0 Å². The summed E-state index contributed by atoms with van der Waals surface area (Å²) in [6.45, 7) is 1.80. The topological polar surface area (TPSA) is 94.5 Å². The van der Waals surface area contributed by atoms with Crippen LogP contribution in [0, 0.1) is 11.3 Å². The molecule has 1 fully saturated rings. The number of halogens is 1. The number of aromatic nitrogens is 3. The summed E-state index contributed by atoms with van der Waals surface area (Å²) in [4.78, 5) is 17.0. The van der Waals surface area contributed by atoms with Crippen molar-refractivity contribution in [2.75, 3.05) is 0 Å². The second-order valence-corrected chi connectivity index (χ2v) is 8.22. The summed E-state index contributed by atoms with van der Waals surface area (Å²) in [5.41, 5.74) is 0.147. The van der Waals surface area contributed by atoms with Gasteiger partial charge in [-0.05, 0) is 44.0 Å². The van der Waals surface area contributed by atoms with Crippen LogP contribution in [0.15, 0.2) is 29.4 Å². The number of rotatable bonds is 5. The van der Waals surface area contributed by atoms with E-state index in [0.29, 0.717) is 28.8 Å². The van der Waals surface area contributed by atoms with Gasteiger partial charge in [-0.25, -0.2) is 4.98 Å². The van der Waals surface area contributed by atoms with Gasteiger partial charge in [-0.1, -0.05) is 42.6 Å². The van der Waals surface area contributed by atoms with E-state index in [1.54, 1.807) is 19.1 Å². The number of nitrogens with zero attached hydrogens (tertiary/aromatic N) is 3. The van der Waals surface area contributed by atoms with Gasteiger partial charge in [0.25, 0.3) is 0 Å². The molecule has 26 heavy (non-hydrogen) atoms. The summed E-state index contributed by atoms with van der Waals surface area (Å²) in [5, 5.41) is 20.2. The number of hydrogen-bond donors (Lipinski definition) is 2. The van der Waals surface area contributed by atoms with E-state index in [2.05, 4.69) is 26.6 Å². The molecule has 0 spiro atoms. The molecule has 1 aliphatic carbocycles. The van der Waals surface area contributed by atoms with Crippen molar-refractivity contribution in [1.82, 2.24) is 20.5 Å². The lowest BCUT2D eigenvalue weighted by molar-refractivity contribution is -0.121. The van der Waals surface area contributed by atoms with Gasteiger partial charge >= 0.3 is 0 Å². The molecule has 0 radical (unpaired) electrons. The third-order valence-electron chi connectivity index (χ3n) is 4.52. The minimum Gasteiger partial charge on any atom is -0.337 e. The fourth-order valence-corrected chi connectivity index (χ4v) is 3.86. The van der Waals surface area contributed by atoms with Crippen LogP contribution in [0.1, 0.15) is 39.0 Å². The average molecular weight is 390 g/mol. The minimum absolute atomic E-state index is 0.156. The number of hydrogen-bond acceptors (Lipinski definition) is 5. The highest BCUT2D eigenvalue weighted by Crippen LogP contribution is 2.29. The van der Waals surface area contributed by atoms with Crippen molar-refractivity contribution in [3.8, 4) is 17.5 Å². The first-order valence-electron chi connectivity index (χ1n) is 8.60. The van der Waals surface area contributed by atoms with Gasteiger partial charge in [0.1, 0.15) is 5.54 Å². The monoisotopic (exact) mass is 389 g/mol. The van der Waals surface area contributed by atoms with Gasteiger partial charge in [0.2, 0.25) is 11.1 Å². The molecule has 1 saturated carbocycles. The molecule has 8 heteroatoms. The van der Waals surface area contributed by atoms with Gasteiger partial charge in [0.15, 0.2) is 5.82 Å². The highest BCUT2D eigenvalue weighted by molar-refractivity contribution is 8.00. The predicted molar refractivity (Wildman–Crippen MR) is 102 cm³/mol. The Kier molecular flexibility index (Phi) is 5.84. The molecule has 1 heterocycles. The van der Waals surface area contributed by atoms with Crippen LogP contribution in [0.25, 0.3) is 11.4 Å². The van der Waals surface area contributed by atoms with Crippen molar-refractivity contribution in [1.29, 1.82) is 5.26 Å². The van der Waals surface area contributed by atoms with E-state index in [-0.39, 0.29) is 5.91 Å². The Morgan fingerprint density at radius 2 is 2.04 bits per heavy atom. The highest BCUT2D eigenvalue weighted by atomic mass is 35.5. The van der Waals surface area contributed by atoms with Crippen LogP contribution in [0.2, 0.25) is 5.02 Å². The molecule has 6 nitrogen and oxygen atoms in total. The molecule has 3 rings (SSSR count). The zero-order valence-corrected chi connectivity index (χ0v) is 16.0. The van der Waals surface area contributed by atoms with Crippen molar-refractivity contribution in [2.45, 2.75) is 55.0 Å². The van der Waals surface area contributed by atoms with Gasteiger partial charge in [-0.3, -0.25) is 9.89 Å². The Morgan fingerprint density at radius 3 is 2.69 bits per heavy atom. The summed E-state index contributed by atoms with van der Waals surface area (Å²) < 4.78 is 0. The third kappa shape index (κ3) is 4.37. The van der Waals surface area contributed by atoms with E-state index in [1.165, 1.54) is 11.8 Å². The van der Waals surface area contributed by atoms with E-state index >= 15 is 0 Å². The largest absolute Gasteiger partial charge is 0.337 e. The van der Waals surface area contributed by atoms with Crippen LogP contribution in [0.3, 0.4) is 0 Å². The molecule has 0 aliphatic heterocycles. The molecule has 2 aromatic rings. The number of carbonyl (C=O) groups excluding carboxylic acids is 1. The van der Waals surface area contributed by atoms with Crippen LogP contribution in [-0.2, 0) is 4.79 Å². The maximum atomic E-state index is 12.5. The molecule has 0 saturated heterocycles. The Balaban J connectivity index is 1.62. The summed E-state index contributed by atoms with van der Waals surface area (Å²) in [6, 6.07) is 9.59. The number of nitriles is 1. The van der Waals surface area contributed by atoms with Gasteiger partial charge < -0.3 is 5.32 Å². The standard InChI is InChI=1S/C18H20ClN5OS/c1-12(16(25)22-18(11-20)9-3-2-4-10-18)26-17-21-15(23-24-17)13-5-7-14(19)8-6-13/h5-8,12H,2-4,9-10H2,1H3,(H,22,25)(H,21,23,24). The molecule has 1 amide bonds. The van der Waals surface area contributed by atoms with E-state index in [4.69, 9.17) is 11.6 Å². The number of H-pyrrole nitrogens is 1. The SMILES string of the molecule is CC(Sc1n[nH]c(-c2ccc(Cl)cc2)n1)C(=O)NC1(C#N)CCCCC1. The van der Waals surface area contributed by atoms with Crippen LogP contribution in [-0.4, -0.2) is 31.9 Å². The lowest BCUT2D eigenvalue weighted by atomic mass is 9.83. The molecular weight excluding hydrogens is 370 g/mol. The fraction of sp³-hybridized carbons (Fsp3) is 0.444. The maximum Gasteiger partial charge on any atom is 0.234 e. The normalized spacial score (nSPS) is 17.3. The van der Waals surface area contributed by atoms with E-state index in [1.807, 2.05) is 12.1 Å². The van der Waals surface area contributed by atoms with Crippen molar-refractivity contribution in [3.63, 3.8) is 0 Å². The maximum absolute atomic E-state index is 12.5. The van der Waals surface area contributed by atoms with Crippen molar-refractivity contribution in [3.05, 3.63) is 29.3 Å². The number of carbonyl (C=O) groups is 1. The molecule has 0 bridgehead atoms. The first-order valence-corrected chi connectivity index (χ1v) is 9.85. The number of nitrogens with one attached hydrogen (secondary N) is 2. The molecule has 1 unspecified atom stereocenters. The van der Waals surface area contributed by atoms with E-state index in [0.717, 1.165) is 24.8 Å². The fourth-order valence-electron chi connectivity index (χ4n) is 3.01. The van der Waals surface area contributed by atoms with E-state index in [9.17, 15) is 10.1 Å². The predicted octanol–water partition coefficient (Wildman–Crippen LogP) is 3.95. The first kappa shape index (κ1) is 18.7. The molecule has 136 valence electrons. The van der Waals surface area contributed by atoms with Gasteiger partial charge in [0, 0.05) is 10.6 Å². The van der Waals surface area contributed by atoms with E-state index < -0.39 is 10.8 Å². The number of aromatic amines is 1. The highest BCUT2D eigenvalue weighted by Gasteiger charge is 2.35. The summed E-state index contributed by atoms with van der Waals surface area (Å²) in [5.74, 6) is 0.467. The van der Waals surface area contributed by atoms with Crippen molar-refractivity contribution < 1.29 is 4.79 Å². The lowest BCUT2D eigenvalue weighted by Gasteiger charge is -2.32. The average Bonchev–Trinajstić information content (AvgIpc) is 3.11. The molecule has 1 aromatic heterocycles. The van der Waals surface area contributed by atoms with Gasteiger partial charge in [0.05, 0.1) is 11.3 Å². The number of amides is 1. The smallest absolute Gasteiger partial charge is 0.234 e. The summed E-state index contributed by atoms with van der Waals surface area (Å²) in [6.07, 6.45) is 4.50. The number of benzene rings is 1. The van der Waals surface area contributed by atoms with Crippen LogP contribution >= 0.6 is 23.4 Å². The van der Waals surface area contributed by atoms with Crippen LogP contribution < -0.4 is 5.32 Å². The second-order valence-electron chi connectivity index (χ2n) is 6.48. The summed E-state index contributed by atoms with van der Waals surface area (Å²) in [7, 11) is 0. The zero-order valence-electron chi connectivity index (χ0n) is 14.5. The van der Waals surface area contributed by atoms with Gasteiger partial charge in [-0.2, -0.15) is 5.26 Å². The Hall–Kier alpha value is -2.04. The van der Waals surface area contributed by atoms with Crippen LogP contribution in [0.4, 0.5) is 0 Å². The van der Waals surface area contributed by atoms with Crippen molar-refractivity contribution >= 4 is 29.3 Å². The second kappa shape index (κ2) is 8.11. The molecule has 2 N–H and O–H groups in total. The zero-order chi connectivity index (χ0) is 18.6. The van der Waals surface area contributed by atoms with Crippen LogP contribution in [0.5, 0.6) is 0 Å². The third-order valence-corrected chi connectivity index (χ3v) is 5.73. The molecule has 1 aliphatic rings. The Labute approximate surface area is 161 Å². The Bertz CT molecular complexity index is 808. The first-order chi connectivity index (χ1) is 12.5. The quantitative estimate of drug-likeness (QED) is 0.755. The molecule has 1 atom stereocenters. The summed E-state index contributed by atoms with van der Waals surface area (Å²) >= 11 is 7.16. The molecular formula is C18H20ClN5OS. The Morgan fingerprint density at radius 1 is 1.35 bits per heavy atom. The van der Waals surface area contributed by atoms with Gasteiger partial charge in [-0.15, -0.1) is 5.10 Å². The lowest BCUT2D eigenvalue weighted by Crippen LogP contribution is -2.50. The number of thioether (sulfide) groups is 1. The molecule has 1 aromatic carbocycles.